The van der Waals surface area contributed by atoms with Gasteiger partial charge in [0.1, 0.15) is 11.9 Å². The zero-order chi connectivity index (χ0) is 20.1. The van der Waals surface area contributed by atoms with Gasteiger partial charge in [-0.2, -0.15) is 0 Å². The molecule has 2 nitrogen and oxygen atoms in total. The molecule has 2 aliphatic carbocycles. The molecule has 3 unspecified atom stereocenters. The van der Waals surface area contributed by atoms with Crippen molar-refractivity contribution in [3.8, 4) is 16.9 Å². The van der Waals surface area contributed by atoms with Crippen molar-refractivity contribution in [2.45, 2.75) is 62.6 Å². The smallest absolute Gasteiger partial charge is 0.125 e. The van der Waals surface area contributed by atoms with Gasteiger partial charge in [-0.1, -0.05) is 73.5 Å². The molecule has 1 saturated carbocycles. The lowest BCUT2D eigenvalue weighted by atomic mass is 9.91. The summed E-state index contributed by atoms with van der Waals surface area (Å²) >= 11 is 0. The van der Waals surface area contributed by atoms with Crippen LogP contribution in [0.2, 0.25) is 0 Å². The van der Waals surface area contributed by atoms with Crippen LogP contribution in [-0.2, 0) is 0 Å². The Morgan fingerprint density at radius 2 is 1.60 bits per heavy atom. The highest BCUT2D eigenvalue weighted by Crippen LogP contribution is 2.50. The summed E-state index contributed by atoms with van der Waals surface area (Å²) in [4.78, 5) is 0. The average molecular weight is 397 g/mol. The summed E-state index contributed by atoms with van der Waals surface area (Å²) in [6.45, 7) is 0. The molecule has 6 rings (SSSR count). The Morgan fingerprint density at radius 1 is 0.800 bits per heavy atom. The zero-order valence-electron chi connectivity index (χ0n) is 17.3. The molecule has 3 aromatic carbocycles. The zero-order valence-corrected chi connectivity index (χ0v) is 17.3. The lowest BCUT2D eigenvalue weighted by Gasteiger charge is -2.30. The minimum atomic E-state index is -0.418. The van der Waals surface area contributed by atoms with Crippen molar-refractivity contribution < 1.29 is 9.84 Å². The van der Waals surface area contributed by atoms with Gasteiger partial charge in [0.05, 0.1) is 6.10 Å². The molecule has 3 aliphatic rings. The van der Waals surface area contributed by atoms with Gasteiger partial charge in [0.25, 0.3) is 0 Å². The van der Waals surface area contributed by atoms with Gasteiger partial charge in [-0.15, -0.1) is 0 Å². The van der Waals surface area contributed by atoms with Crippen LogP contribution in [0.25, 0.3) is 11.1 Å². The summed E-state index contributed by atoms with van der Waals surface area (Å²) < 4.78 is 6.44. The topological polar surface area (TPSA) is 29.5 Å². The minimum absolute atomic E-state index is 0.0731. The molecular formula is C28H28O2. The summed E-state index contributed by atoms with van der Waals surface area (Å²) in [6.07, 6.45) is 6.53. The van der Waals surface area contributed by atoms with Gasteiger partial charge >= 0.3 is 0 Å². The van der Waals surface area contributed by atoms with Gasteiger partial charge in [-0.05, 0) is 59.1 Å². The lowest BCUT2D eigenvalue weighted by Crippen LogP contribution is -2.26. The van der Waals surface area contributed by atoms with E-state index in [0.717, 1.165) is 17.7 Å². The minimum Gasteiger partial charge on any atom is -0.490 e. The van der Waals surface area contributed by atoms with Gasteiger partial charge in [0.2, 0.25) is 0 Å². The molecule has 0 saturated heterocycles. The predicted octanol–water partition coefficient (Wildman–Crippen LogP) is 6.73. The maximum atomic E-state index is 10.8. The first-order valence-corrected chi connectivity index (χ1v) is 11.4. The van der Waals surface area contributed by atoms with Crippen LogP contribution in [0.15, 0.2) is 66.7 Å². The fraction of sp³-hybridized carbons (Fsp3) is 0.357. The van der Waals surface area contributed by atoms with E-state index >= 15 is 0 Å². The molecule has 2 heteroatoms. The van der Waals surface area contributed by atoms with Crippen molar-refractivity contribution in [2.75, 3.05) is 0 Å². The molecular weight excluding hydrogens is 368 g/mol. The monoisotopic (exact) mass is 396 g/mol. The molecule has 0 amide bonds. The Bertz CT molecular complexity index is 1070. The van der Waals surface area contributed by atoms with Crippen LogP contribution in [0.1, 0.15) is 78.7 Å². The number of aliphatic hydroxyl groups is 1. The van der Waals surface area contributed by atoms with Crippen LogP contribution < -0.4 is 4.74 Å². The molecule has 1 fully saturated rings. The molecule has 152 valence electrons. The summed E-state index contributed by atoms with van der Waals surface area (Å²) in [6, 6.07) is 23.9. The number of ether oxygens (including phenoxy) is 1. The van der Waals surface area contributed by atoms with E-state index in [9.17, 15) is 5.11 Å². The van der Waals surface area contributed by atoms with E-state index in [1.165, 1.54) is 53.5 Å². The van der Waals surface area contributed by atoms with Crippen LogP contribution in [0.4, 0.5) is 0 Å². The largest absolute Gasteiger partial charge is 0.490 e. The Balaban J connectivity index is 1.18. The van der Waals surface area contributed by atoms with E-state index in [4.69, 9.17) is 4.74 Å². The van der Waals surface area contributed by atoms with Crippen LogP contribution in [0.3, 0.4) is 0 Å². The van der Waals surface area contributed by atoms with Gasteiger partial charge < -0.3 is 9.84 Å². The number of hydrogen-bond donors (Lipinski definition) is 1. The second-order valence-electron chi connectivity index (χ2n) is 9.27. The summed E-state index contributed by atoms with van der Waals surface area (Å²) in [5.74, 6) is 2.05. The first-order valence-electron chi connectivity index (χ1n) is 11.4. The number of rotatable bonds is 4. The maximum absolute atomic E-state index is 10.8. The second-order valence-corrected chi connectivity index (χ2v) is 9.27. The highest BCUT2D eigenvalue weighted by molar-refractivity contribution is 5.69. The number of benzene rings is 3. The normalized spacial score (nSPS) is 24.8. The van der Waals surface area contributed by atoms with Crippen LogP contribution >= 0.6 is 0 Å². The molecule has 30 heavy (non-hydrogen) atoms. The van der Waals surface area contributed by atoms with Crippen molar-refractivity contribution in [1.82, 2.24) is 0 Å². The molecule has 1 aliphatic heterocycles. The average Bonchev–Trinajstić information content (AvgIpc) is 3.19. The predicted molar refractivity (Wildman–Crippen MR) is 120 cm³/mol. The highest BCUT2D eigenvalue weighted by atomic mass is 16.5. The van der Waals surface area contributed by atoms with Crippen LogP contribution in [-0.4, -0.2) is 11.2 Å². The van der Waals surface area contributed by atoms with Crippen molar-refractivity contribution in [3.63, 3.8) is 0 Å². The molecule has 1 heterocycles. The van der Waals surface area contributed by atoms with Crippen molar-refractivity contribution in [3.05, 3.63) is 89.0 Å². The van der Waals surface area contributed by atoms with E-state index in [0.29, 0.717) is 18.3 Å². The fourth-order valence-electron chi connectivity index (χ4n) is 5.62. The van der Waals surface area contributed by atoms with Gasteiger partial charge in [-0.25, -0.2) is 0 Å². The van der Waals surface area contributed by atoms with Gasteiger partial charge in [0.15, 0.2) is 0 Å². The van der Waals surface area contributed by atoms with Crippen LogP contribution in [0.5, 0.6) is 5.75 Å². The van der Waals surface area contributed by atoms with Gasteiger partial charge in [0, 0.05) is 17.9 Å². The highest BCUT2D eigenvalue weighted by Gasteiger charge is 2.38. The van der Waals surface area contributed by atoms with Crippen molar-refractivity contribution >= 4 is 0 Å². The van der Waals surface area contributed by atoms with E-state index < -0.39 is 6.10 Å². The van der Waals surface area contributed by atoms with Crippen molar-refractivity contribution in [2.24, 2.45) is 0 Å². The third-order valence-corrected chi connectivity index (χ3v) is 7.36. The first-order chi connectivity index (χ1) is 14.8. The molecule has 3 aromatic rings. The molecule has 0 spiro atoms. The number of hydrogen-bond acceptors (Lipinski definition) is 2. The fourth-order valence-corrected chi connectivity index (χ4v) is 5.62. The molecule has 0 bridgehead atoms. The number of aliphatic hydroxyl groups excluding tert-OH is 1. The number of fused-ring (bicyclic) bond motifs is 2. The van der Waals surface area contributed by atoms with E-state index in [1.54, 1.807) is 0 Å². The summed E-state index contributed by atoms with van der Waals surface area (Å²) in [5, 5.41) is 10.8. The standard InChI is InChI=1S/C28H28O2/c29-27-17-22(30-28-15-21(11-13-24(27)28)19-8-4-5-9-19)16-26-23-12-10-20(14-25(23)26)18-6-2-1-3-7-18/h1-3,6-7,10-15,19,22,26-27,29H,4-5,8-9,16-17H2. The molecule has 0 aromatic heterocycles. The lowest BCUT2D eigenvalue weighted by molar-refractivity contribution is 0.0613. The maximum Gasteiger partial charge on any atom is 0.125 e. The SMILES string of the molecule is OC1CC(CC2c3ccc(-c4ccccc4)cc32)Oc2cc(C3CCCC3)ccc21. The third kappa shape index (κ3) is 3.24. The Hall–Kier alpha value is -2.58. The molecule has 0 radical (unpaired) electrons. The third-order valence-electron chi connectivity index (χ3n) is 7.36. The molecule has 3 atom stereocenters. The Morgan fingerprint density at radius 3 is 2.43 bits per heavy atom. The first kappa shape index (κ1) is 18.2. The van der Waals surface area contributed by atoms with Crippen LogP contribution in [0, 0.1) is 0 Å². The summed E-state index contributed by atoms with van der Waals surface area (Å²) in [5.41, 5.74) is 7.80. The van der Waals surface area contributed by atoms with E-state index in [-0.39, 0.29) is 6.10 Å². The van der Waals surface area contributed by atoms with E-state index in [2.05, 4.69) is 66.7 Å². The Labute approximate surface area is 178 Å². The Kier molecular flexibility index (Phi) is 4.42. The van der Waals surface area contributed by atoms with Gasteiger partial charge in [-0.3, -0.25) is 0 Å². The van der Waals surface area contributed by atoms with E-state index in [1.807, 2.05) is 0 Å². The summed E-state index contributed by atoms with van der Waals surface area (Å²) in [7, 11) is 0. The second kappa shape index (κ2) is 7.28. The molecule has 1 N–H and O–H groups in total. The van der Waals surface area contributed by atoms with Crippen molar-refractivity contribution in [1.29, 1.82) is 0 Å². The quantitative estimate of drug-likeness (QED) is 0.530.